The Morgan fingerprint density at radius 3 is 2.58 bits per heavy atom. The van der Waals surface area contributed by atoms with Crippen molar-refractivity contribution in [2.45, 2.75) is 12.5 Å². The van der Waals surface area contributed by atoms with E-state index in [1.165, 1.54) is 0 Å². The molecule has 0 radical (unpaired) electrons. The quantitative estimate of drug-likeness (QED) is 0.612. The molecule has 0 bridgehead atoms. The van der Waals surface area contributed by atoms with Gasteiger partial charge in [-0.25, -0.2) is 4.57 Å². The lowest BCUT2D eigenvalue weighted by Crippen LogP contribution is -2.10. The second-order valence-corrected chi connectivity index (χ2v) is 4.33. The van der Waals surface area contributed by atoms with Crippen LogP contribution in [0.3, 0.4) is 0 Å². The monoisotopic (exact) mass is 194 g/mol. The lowest BCUT2D eigenvalue weighted by molar-refractivity contribution is 0.106. The standard InChI is InChI=1S/C6H11O5P/c7-12(9-3-4-10-12)11-6-1-2-8-5-6/h6H,1-5H2. The Labute approximate surface area is 70.6 Å². The molecule has 0 aromatic heterocycles. The molecular formula is C6H11O5P. The van der Waals surface area contributed by atoms with Gasteiger partial charge in [0.25, 0.3) is 0 Å². The van der Waals surface area contributed by atoms with Crippen molar-refractivity contribution in [3.8, 4) is 0 Å². The largest absolute Gasteiger partial charge is 0.475 e. The van der Waals surface area contributed by atoms with Crippen molar-refractivity contribution in [3.63, 3.8) is 0 Å². The van der Waals surface area contributed by atoms with E-state index in [-0.39, 0.29) is 6.10 Å². The average molecular weight is 194 g/mol. The highest BCUT2D eigenvalue weighted by molar-refractivity contribution is 7.48. The molecule has 1 atom stereocenters. The van der Waals surface area contributed by atoms with E-state index < -0.39 is 7.82 Å². The highest BCUT2D eigenvalue weighted by Gasteiger charge is 2.36. The smallest absolute Gasteiger partial charge is 0.379 e. The normalized spacial score (nSPS) is 34.2. The van der Waals surface area contributed by atoms with E-state index in [9.17, 15) is 4.57 Å². The van der Waals surface area contributed by atoms with E-state index >= 15 is 0 Å². The summed E-state index contributed by atoms with van der Waals surface area (Å²) >= 11 is 0. The zero-order chi connectivity index (χ0) is 8.44. The van der Waals surface area contributed by atoms with Crippen LogP contribution in [0.1, 0.15) is 6.42 Å². The maximum absolute atomic E-state index is 11.4. The number of hydrogen-bond acceptors (Lipinski definition) is 5. The van der Waals surface area contributed by atoms with Crippen LogP contribution in [-0.2, 0) is 22.9 Å². The molecule has 0 aromatic carbocycles. The van der Waals surface area contributed by atoms with E-state index in [0.29, 0.717) is 26.4 Å². The molecule has 6 heteroatoms. The first-order chi connectivity index (χ1) is 5.79. The zero-order valence-electron chi connectivity index (χ0n) is 6.60. The molecule has 2 rings (SSSR count). The summed E-state index contributed by atoms with van der Waals surface area (Å²) in [5, 5.41) is 0. The van der Waals surface area contributed by atoms with Crippen molar-refractivity contribution in [2.75, 3.05) is 26.4 Å². The van der Waals surface area contributed by atoms with Gasteiger partial charge in [0.15, 0.2) is 0 Å². The van der Waals surface area contributed by atoms with E-state index in [4.69, 9.17) is 18.3 Å². The fourth-order valence-corrected chi connectivity index (χ4v) is 2.50. The third-order valence-electron chi connectivity index (χ3n) is 1.75. The molecule has 0 amide bonds. The molecule has 0 spiro atoms. The SMILES string of the molecule is O=P1(OC2CCOC2)OCCO1. The van der Waals surface area contributed by atoms with Crippen LogP contribution in [-0.4, -0.2) is 32.5 Å². The molecule has 2 saturated heterocycles. The van der Waals surface area contributed by atoms with Crippen LogP contribution in [0.4, 0.5) is 0 Å². The Kier molecular flexibility index (Phi) is 2.48. The number of phosphoric acid groups is 1. The summed E-state index contributed by atoms with van der Waals surface area (Å²) in [5.41, 5.74) is 0. The first-order valence-corrected chi connectivity index (χ1v) is 5.40. The van der Waals surface area contributed by atoms with Crippen molar-refractivity contribution < 1.29 is 22.9 Å². The minimum atomic E-state index is -3.20. The fraction of sp³-hybridized carbons (Fsp3) is 1.00. The maximum Gasteiger partial charge on any atom is 0.475 e. The predicted molar refractivity (Wildman–Crippen MR) is 39.8 cm³/mol. The Hall–Kier alpha value is 0.0700. The fourth-order valence-electron chi connectivity index (χ4n) is 1.17. The maximum atomic E-state index is 11.4. The van der Waals surface area contributed by atoms with Gasteiger partial charge < -0.3 is 4.74 Å². The summed E-state index contributed by atoms with van der Waals surface area (Å²) in [6.07, 6.45) is 0.630. The molecule has 70 valence electrons. The topological polar surface area (TPSA) is 54.0 Å². The molecule has 0 aliphatic carbocycles. The first kappa shape index (κ1) is 8.66. The van der Waals surface area contributed by atoms with Gasteiger partial charge in [-0.3, -0.25) is 13.6 Å². The summed E-state index contributed by atoms with van der Waals surface area (Å²) in [4.78, 5) is 0. The van der Waals surface area contributed by atoms with Gasteiger partial charge in [0, 0.05) is 6.61 Å². The molecule has 1 unspecified atom stereocenters. The summed E-state index contributed by atoms with van der Waals surface area (Å²) < 4.78 is 31.4. The molecular weight excluding hydrogens is 183 g/mol. The molecule has 2 heterocycles. The first-order valence-electron chi connectivity index (χ1n) is 3.94. The molecule has 5 nitrogen and oxygen atoms in total. The Morgan fingerprint density at radius 1 is 1.25 bits per heavy atom. The van der Waals surface area contributed by atoms with Crippen LogP contribution < -0.4 is 0 Å². The van der Waals surface area contributed by atoms with Gasteiger partial charge in [-0.2, -0.15) is 0 Å². The molecule has 2 fully saturated rings. The molecule has 0 saturated carbocycles. The Bertz CT molecular complexity index is 190. The lowest BCUT2D eigenvalue weighted by Gasteiger charge is -2.13. The van der Waals surface area contributed by atoms with Crippen molar-refractivity contribution in [1.29, 1.82) is 0 Å². The van der Waals surface area contributed by atoms with Gasteiger partial charge in [0.2, 0.25) is 0 Å². The zero-order valence-corrected chi connectivity index (χ0v) is 7.50. The number of hydrogen-bond donors (Lipinski definition) is 0. The molecule has 2 aliphatic rings. The van der Waals surface area contributed by atoms with Crippen LogP contribution in [0.2, 0.25) is 0 Å². The highest BCUT2D eigenvalue weighted by Crippen LogP contribution is 2.54. The van der Waals surface area contributed by atoms with Crippen LogP contribution in [0.15, 0.2) is 0 Å². The number of ether oxygens (including phenoxy) is 1. The van der Waals surface area contributed by atoms with E-state index in [0.717, 1.165) is 6.42 Å². The van der Waals surface area contributed by atoms with Gasteiger partial charge in [-0.05, 0) is 6.42 Å². The van der Waals surface area contributed by atoms with Crippen molar-refractivity contribution in [2.24, 2.45) is 0 Å². The van der Waals surface area contributed by atoms with Crippen LogP contribution in [0, 0.1) is 0 Å². The molecule has 12 heavy (non-hydrogen) atoms. The minimum absolute atomic E-state index is 0.131. The van der Waals surface area contributed by atoms with Crippen molar-refractivity contribution in [1.82, 2.24) is 0 Å². The molecule has 0 aromatic rings. The van der Waals surface area contributed by atoms with Crippen LogP contribution in [0.5, 0.6) is 0 Å². The third kappa shape index (κ3) is 1.87. The molecule has 2 aliphatic heterocycles. The predicted octanol–water partition coefficient (Wildman–Crippen LogP) is 0.947. The number of phosphoric ester groups is 1. The summed E-state index contributed by atoms with van der Waals surface area (Å²) in [5.74, 6) is 0. The van der Waals surface area contributed by atoms with Crippen molar-refractivity contribution in [3.05, 3.63) is 0 Å². The Balaban J connectivity index is 1.88. The Morgan fingerprint density at radius 2 is 2.00 bits per heavy atom. The average Bonchev–Trinajstić information content (AvgIpc) is 2.62. The van der Waals surface area contributed by atoms with Gasteiger partial charge in [-0.15, -0.1) is 0 Å². The lowest BCUT2D eigenvalue weighted by atomic mass is 10.3. The van der Waals surface area contributed by atoms with Crippen molar-refractivity contribution >= 4 is 7.82 Å². The van der Waals surface area contributed by atoms with Crippen LogP contribution >= 0.6 is 7.82 Å². The number of rotatable bonds is 2. The summed E-state index contributed by atoms with van der Waals surface area (Å²) in [6, 6.07) is 0. The summed E-state index contributed by atoms with van der Waals surface area (Å²) in [7, 11) is -3.20. The second-order valence-electron chi connectivity index (χ2n) is 2.70. The van der Waals surface area contributed by atoms with Gasteiger partial charge in [0.1, 0.15) is 0 Å². The molecule has 0 N–H and O–H groups in total. The highest BCUT2D eigenvalue weighted by atomic mass is 31.2. The minimum Gasteiger partial charge on any atom is -0.379 e. The summed E-state index contributed by atoms with van der Waals surface area (Å²) in [6.45, 7) is 1.84. The van der Waals surface area contributed by atoms with E-state index in [2.05, 4.69) is 0 Å². The van der Waals surface area contributed by atoms with Gasteiger partial charge in [0.05, 0.1) is 25.9 Å². The van der Waals surface area contributed by atoms with Gasteiger partial charge in [-0.1, -0.05) is 0 Å². The van der Waals surface area contributed by atoms with E-state index in [1.54, 1.807) is 0 Å². The second kappa shape index (κ2) is 3.44. The van der Waals surface area contributed by atoms with Crippen LogP contribution in [0.25, 0.3) is 0 Å². The third-order valence-corrected chi connectivity index (χ3v) is 3.30. The van der Waals surface area contributed by atoms with Gasteiger partial charge >= 0.3 is 7.82 Å². The van der Waals surface area contributed by atoms with E-state index in [1.807, 2.05) is 0 Å².